The van der Waals surface area contributed by atoms with Crippen molar-refractivity contribution in [2.24, 2.45) is 17.2 Å². The van der Waals surface area contributed by atoms with E-state index in [0.717, 1.165) is 0 Å². The van der Waals surface area contributed by atoms with Crippen LogP contribution in [-0.2, 0) is 23.7 Å². The molecule has 3 rings (SSSR count). The van der Waals surface area contributed by atoms with Crippen LogP contribution in [0, 0.1) is 0 Å². The Kier molecular flexibility index (Phi) is 12.9. The lowest BCUT2D eigenvalue weighted by Gasteiger charge is -2.60. The number of likely N-dealkylation sites (N-methyl/N-ethyl adjacent to an activating group) is 1. The monoisotopic (exact) mass is 644 g/mol. The number of nitrogens with two attached hydrogens (primary N) is 3. The van der Waals surface area contributed by atoms with Crippen LogP contribution in [0.1, 0.15) is 27.7 Å². The first-order valence-electron chi connectivity index (χ1n) is 14.9. The highest BCUT2D eigenvalue weighted by molar-refractivity contribution is 5.18. The van der Waals surface area contributed by atoms with Gasteiger partial charge in [0.2, 0.25) is 0 Å². The molecule has 3 aliphatic rings. The molecule has 3 aliphatic heterocycles. The highest BCUT2D eigenvalue weighted by Crippen LogP contribution is 2.44. The summed E-state index contributed by atoms with van der Waals surface area (Å²) in [4.78, 5) is 1.79. The van der Waals surface area contributed by atoms with Crippen LogP contribution in [0.15, 0.2) is 0 Å². The minimum atomic E-state index is -2.31. The molecule has 0 radical (unpaired) electrons. The number of aliphatic hydroxyl groups excluding tert-OH is 8. The van der Waals surface area contributed by atoms with Gasteiger partial charge in [0.25, 0.3) is 0 Å². The van der Waals surface area contributed by atoms with Gasteiger partial charge in [-0.15, -0.1) is 0 Å². The molecule has 4 unspecified atom stereocenters. The van der Waals surface area contributed by atoms with Crippen molar-refractivity contribution in [1.82, 2.24) is 4.90 Å². The summed E-state index contributed by atoms with van der Waals surface area (Å²) in [6.07, 6.45) is -16.8. The molecule has 3 heterocycles. The summed E-state index contributed by atoms with van der Waals surface area (Å²) in [6, 6.07) is -5.10. The molecule has 3 saturated heterocycles. The SMILES string of the molecule is CCN(CC)C(C)[C@]1(O)[C@H](O)[C@@H](N)[C@@H](OC2[C@@H](CO)O[C@@H](OC3[C@@H](CO)O[C@@H](O)[C@H](N)[C@H]3O)[C@H](N)[C@H]2O)O[C@]1(CO)C(C)O. The Morgan fingerprint density at radius 1 is 0.795 bits per heavy atom. The zero-order chi connectivity index (χ0) is 33.3. The summed E-state index contributed by atoms with van der Waals surface area (Å²) in [5.41, 5.74) is 13.7. The number of nitrogens with zero attached hydrogens (tertiary/aromatic N) is 1. The second-order valence-electron chi connectivity index (χ2n) is 11.8. The van der Waals surface area contributed by atoms with Crippen molar-refractivity contribution in [1.29, 1.82) is 0 Å². The largest absolute Gasteiger partial charge is 0.394 e. The van der Waals surface area contributed by atoms with Crippen LogP contribution in [0.4, 0.5) is 0 Å². The Morgan fingerprint density at radius 2 is 1.30 bits per heavy atom. The predicted octanol–water partition coefficient (Wildman–Crippen LogP) is -6.82. The zero-order valence-corrected chi connectivity index (χ0v) is 25.4. The van der Waals surface area contributed by atoms with Gasteiger partial charge in [0.1, 0.15) is 48.3 Å². The summed E-state index contributed by atoms with van der Waals surface area (Å²) in [5, 5.41) is 96.3. The molecular formula is C26H52N4O14. The quantitative estimate of drug-likeness (QED) is 0.0939. The first kappa shape index (κ1) is 37.7. The van der Waals surface area contributed by atoms with Gasteiger partial charge in [0.05, 0.1) is 44.1 Å². The zero-order valence-electron chi connectivity index (χ0n) is 25.4. The van der Waals surface area contributed by atoms with Gasteiger partial charge in [-0.1, -0.05) is 13.8 Å². The first-order valence-corrected chi connectivity index (χ1v) is 14.9. The Balaban J connectivity index is 1.87. The van der Waals surface area contributed by atoms with Crippen molar-refractivity contribution in [2.45, 2.75) is 131 Å². The van der Waals surface area contributed by atoms with E-state index in [9.17, 15) is 46.0 Å². The third-order valence-corrected chi connectivity index (χ3v) is 9.44. The average Bonchev–Trinajstić information content (AvgIpc) is 3.00. The molecule has 44 heavy (non-hydrogen) atoms. The summed E-state index contributed by atoms with van der Waals surface area (Å²) >= 11 is 0. The third-order valence-electron chi connectivity index (χ3n) is 9.44. The van der Waals surface area contributed by atoms with E-state index >= 15 is 0 Å². The lowest BCUT2D eigenvalue weighted by Crippen LogP contribution is -2.83. The minimum absolute atomic E-state index is 0.448. The predicted molar refractivity (Wildman–Crippen MR) is 149 cm³/mol. The van der Waals surface area contributed by atoms with Crippen LogP contribution in [0.5, 0.6) is 0 Å². The van der Waals surface area contributed by atoms with Crippen molar-refractivity contribution in [3.05, 3.63) is 0 Å². The Bertz CT molecular complexity index is 905. The van der Waals surface area contributed by atoms with E-state index in [1.807, 2.05) is 13.8 Å². The average molecular weight is 645 g/mol. The molecule has 18 heteroatoms. The van der Waals surface area contributed by atoms with E-state index in [-0.39, 0.29) is 0 Å². The molecule has 0 aliphatic carbocycles. The molecule has 15 N–H and O–H groups in total. The normalized spacial score (nSPS) is 48.3. The lowest BCUT2D eigenvalue weighted by molar-refractivity contribution is -0.394. The fourth-order valence-corrected chi connectivity index (χ4v) is 6.53. The maximum Gasteiger partial charge on any atom is 0.176 e. The number of hydrogen-bond acceptors (Lipinski definition) is 18. The van der Waals surface area contributed by atoms with Crippen LogP contribution in [0.2, 0.25) is 0 Å². The standard InChI is InChI=1S/C26H52N4O14/c1-5-30(6-2)10(3)26(39)21(37)16(29)24(44-25(26,9-33)11(4)34)43-20-13(8-32)41-23(15(28)18(20)36)42-19-12(7-31)40-22(38)14(27)17(19)35/h10-24,31-39H,5-9,27-29H2,1-4H3/t10?,11?,12-,13-,14-,15-,16-,17-,18-,19?,20?,21-,22-,23+,24+,25-,26+/m1/s1. The molecular weight excluding hydrogens is 592 g/mol. The van der Waals surface area contributed by atoms with Gasteiger partial charge in [-0.05, 0) is 26.9 Å². The molecule has 18 nitrogen and oxygen atoms in total. The Labute approximate surface area is 255 Å². The van der Waals surface area contributed by atoms with Gasteiger partial charge >= 0.3 is 0 Å². The molecule has 0 aromatic carbocycles. The lowest BCUT2D eigenvalue weighted by atomic mass is 9.67. The number of hydrogen-bond donors (Lipinski definition) is 12. The number of ether oxygens (including phenoxy) is 5. The van der Waals surface area contributed by atoms with E-state index in [1.54, 1.807) is 11.8 Å². The molecule has 0 aromatic rings. The molecule has 0 spiro atoms. The highest BCUT2D eigenvalue weighted by Gasteiger charge is 2.68. The fraction of sp³-hybridized carbons (Fsp3) is 1.00. The van der Waals surface area contributed by atoms with Crippen molar-refractivity contribution < 1.29 is 69.6 Å². The molecule has 3 fully saturated rings. The third kappa shape index (κ3) is 6.40. The summed E-state index contributed by atoms with van der Waals surface area (Å²) in [5.74, 6) is 0. The highest BCUT2D eigenvalue weighted by atomic mass is 16.7. The molecule has 0 saturated carbocycles. The van der Waals surface area contributed by atoms with Crippen LogP contribution >= 0.6 is 0 Å². The summed E-state index contributed by atoms with van der Waals surface area (Å²) in [7, 11) is 0. The molecule has 17 atom stereocenters. The van der Waals surface area contributed by atoms with Gasteiger partial charge in [-0.3, -0.25) is 4.90 Å². The summed E-state index contributed by atoms with van der Waals surface area (Å²) in [6.45, 7) is 5.01. The van der Waals surface area contributed by atoms with E-state index in [2.05, 4.69) is 0 Å². The van der Waals surface area contributed by atoms with E-state index < -0.39 is 123 Å². The van der Waals surface area contributed by atoms with Gasteiger partial charge in [-0.2, -0.15) is 0 Å². The van der Waals surface area contributed by atoms with E-state index in [1.165, 1.54) is 6.92 Å². The second-order valence-corrected chi connectivity index (χ2v) is 11.8. The van der Waals surface area contributed by atoms with Crippen LogP contribution in [-0.4, -0.2) is 187 Å². The van der Waals surface area contributed by atoms with Gasteiger partial charge in [0.15, 0.2) is 24.5 Å². The first-order chi connectivity index (χ1) is 20.6. The minimum Gasteiger partial charge on any atom is -0.394 e. The maximum absolute atomic E-state index is 12.0. The smallest absolute Gasteiger partial charge is 0.176 e. The number of aliphatic hydroxyl groups is 9. The number of rotatable bonds is 12. The van der Waals surface area contributed by atoms with Crippen LogP contribution < -0.4 is 17.2 Å². The van der Waals surface area contributed by atoms with Crippen molar-refractivity contribution in [2.75, 3.05) is 32.9 Å². The molecule has 0 bridgehead atoms. The van der Waals surface area contributed by atoms with Crippen LogP contribution in [0.3, 0.4) is 0 Å². The molecule has 0 aromatic heterocycles. The second kappa shape index (κ2) is 15.0. The Morgan fingerprint density at radius 3 is 1.77 bits per heavy atom. The van der Waals surface area contributed by atoms with E-state index in [4.69, 9.17) is 40.9 Å². The van der Waals surface area contributed by atoms with Crippen LogP contribution in [0.25, 0.3) is 0 Å². The van der Waals surface area contributed by atoms with Crippen molar-refractivity contribution in [3.63, 3.8) is 0 Å². The van der Waals surface area contributed by atoms with Gasteiger partial charge in [0, 0.05) is 6.04 Å². The maximum atomic E-state index is 12.0. The molecule has 260 valence electrons. The van der Waals surface area contributed by atoms with Crippen molar-refractivity contribution in [3.8, 4) is 0 Å². The van der Waals surface area contributed by atoms with E-state index in [0.29, 0.717) is 13.1 Å². The van der Waals surface area contributed by atoms with Gasteiger partial charge < -0.3 is 86.8 Å². The Hall–Kier alpha value is -0.720. The topological polar surface area (TPSA) is 310 Å². The molecule has 0 amide bonds. The van der Waals surface area contributed by atoms with Gasteiger partial charge in [-0.25, -0.2) is 0 Å². The summed E-state index contributed by atoms with van der Waals surface area (Å²) < 4.78 is 28.6. The fourth-order valence-electron chi connectivity index (χ4n) is 6.53. The van der Waals surface area contributed by atoms with Crippen molar-refractivity contribution >= 4 is 0 Å².